The van der Waals surface area contributed by atoms with Gasteiger partial charge in [-0.25, -0.2) is 5.43 Å². The lowest BCUT2D eigenvalue weighted by Gasteiger charge is -2.09. The van der Waals surface area contributed by atoms with Crippen molar-refractivity contribution < 1.29 is 23.8 Å². The van der Waals surface area contributed by atoms with Crippen LogP contribution in [0.15, 0.2) is 47.6 Å². The van der Waals surface area contributed by atoms with Crippen molar-refractivity contribution in [2.45, 2.75) is 13.3 Å². The number of carbonyl (C=O) groups excluding carboxylic acids is 2. The highest BCUT2D eigenvalue weighted by atomic mass is 16.5. The van der Waals surface area contributed by atoms with Gasteiger partial charge in [0.25, 0.3) is 11.8 Å². The van der Waals surface area contributed by atoms with Gasteiger partial charge in [-0.3, -0.25) is 9.59 Å². The lowest BCUT2D eigenvalue weighted by molar-refractivity contribution is -0.123. The van der Waals surface area contributed by atoms with E-state index in [0.717, 1.165) is 6.42 Å². The topological polar surface area (TPSA) is 112 Å². The zero-order valence-electron chi connectivity index (χ0n) is 15.8. The van der Waals surface area contributed by atoms with Gasteiger partial charge in [0.15, 0.2) is 24.7 Å². The van der Waals surface area contributed by atoms with Gasteiger partial charge in [0.05, 0.1) is 13.3 Å². The van der Waals surface area contributed by atoms with E-state index in [4.69, 9.17) is 19.9 Å². The third-order valence-electron chi connectivity index (χ3n) is 3.66. The second-order valence-corrected chi connectivity index (χ2v) is 5.74. The maximum Gasteiger partial charge on any atom is 0.277 e. The monoisotopic (exact) mass is 385 g/mol. The number of nitrogens with two attached hydrogens (primary N) is 1. The van der Waals surface area contributed by atoms with Crippen LogP contribution < -0.4 is 25.4 Å². The van der Waals surface area contributed by atoms with Crippen LogP contribution in [0.4, 0.5) is 0 Å². The summed E-state index contributed by atoms with van der Waals surface area (Å²) < 4.78 is 15.9. The van der Waals surface area contributed by atoms with Crippen LogP contribution in [0.25, 0.3) is 0 Å². The summed E-state index contributed by atoms with van der Waals surface area (Å²) in [5.41, 5.74) is 9.31. The molecule has 148 valence electrons. The van der Waals surface area contributed by atoms with Gasteiger partial charge in [0, 0.05) is 0 Å². The first-order valence-corrected chi connectivity index (χ1v) is 8.64. The number of benzene rings is 2. The Bertz CT molecular complexity index is 834. The number of methoxy groups -OCH3 is 1. The van der Waals surface area contributed by atoms with Gasteiger partial charge in [-0.15, -0.1) is 0 Å². The molecule has 2 aromatic carbocycles. The van der Waals surface area contributed by atoms with Crippen molar-refractivity contribution >= 4 is 18.0 Å². The number of aryl methyl sites for hydroxylation is 1. The van der Waals surface area contributed by atoms with E-state index in [0.29, 0.717) is 22.8 Å². The van der Waals surface area contributed by atoms with Gasteiger partial charge in [-0.05, 0) is 47.9 Å². The Kier molecular flexibility index (Phi) is 7.83. The number of amides is 2. The molecule has 0 spiro atoms. The maximum atomic E-state index is 11.8. The molecule has 0 radical (unpaired) electrons. The Balaban J connectivity index is 1.85. The fourth-order valence-electron chi connectivity index (χ4n) is 2.21. The minimum atomic E-state index is -0.584. The molecule has 8 nitrogen and oxygen atoms in total. The third-order valence-corrected chi connectivity index (χ3v) is 3.66. The molecule has 2 aromatic rings. The molecule has 2 amide bonds. The van der Waals surface area contributed by atoms with Gasteiger partial charge in [-0.2, -0.15) is 5.10 Å². The molecular weight excluding hydrogens is 362 g/mol. The van der Waals surface area contributed by atoms with Crippen LogP contribution in [-0.2, 0) is 16.0 Å². The van der Waals surface area contributed by atoms with E-state index in [1.165, 1.54) is 18.9 Å². The molecule has 3 N–H and O–H groups in total. The van der Waals surface area contributed by atoms with Crippen molar-refractivity contribution in [3.63, 3.8) is 0 Å². The van der Waals surface area contributed by atoms with Gasteiger partial charge >= 0.3 is 0 Å². The predicted octanol–water partition coefficient (Wildman–Crippen LogP) is 1.65. The second-order valence-electron chi connectivity index (χ2n) is 5.74. The van der Waals surface area contributed by atoms with Gasteiger partial charge in [0.2, 0.25) is 0 Å². The summed E-state index contributed by atoms with van der Waals surface area (Å²) in [5.74, 6) is 0.441. The number of nitrogens with one attached hydrogen (secondary N) is 1. The fraction of sp³-hybridized carbons (Fsp3) is 0.250. The summed E-state index contributed by atoms with van der Waals surface area (Å²) in [6, 6.07) is 12.5. The summed E-state index contributed by atoms with van der Waals surface area (Å²) in [6.45, 7) is 1.67. The predicted molar refractivity (Wildman–Crippen MR) is 105 cm³/mol. The number of nitrogens with zero attached hydrogens (tertiary/aromatic N) is 1. The number of ether oxygens (including phenoxy) is 3. The fourth-order valence-corrected chi connectivity index (χ4v) is 2.21. The molecule has 0 saturated carbocycles. The van der Waals surface area contributed by atoms with Crippen molar-refractivity contribution in [2.24, 2.45) is 10.8 Å². The summed E-state index contributed by atoms with van der Waals surface area (Å²) >= 11 is 0. The number of primary amides is 1. The smallest absolute Gasteiger partial charge is 0.277 e. The largest absolute Gasteiger partial charge is 0.493 e. The van der Waals surface area contributed by atoms with E-state index in [9.17, 15) is 9.59 Å². The molecule has 0 aromatic heterocycles. The van der Waals surface area contributed by atoms with E-state index in [1.807, 2.05) is 24.3 Å². The van der Waals surface area contributed by atoms with Gasteiger partial charge in [0.1, 0.15) is 5.75 Å². The first-order valence-electron chi connectivity index (χ1n) is 8.64. The van der Waals surface area contributed by atoms with Crippen molar-refractivity contribution in [2.75, 3.05) is 20.3 Å². The van der Waals surface area contributed by atoms with Crippen molar-refractivity contribution in [1.29, 1.82) is 0 Å². The third kappa shape index (κ3) is 6.64. The number of rotatable bonds is 10. The van der Waals surface area contributed by atoms with Crippen LogP contribution in [-0.4, -0.2) is 38.4 Å². The summed E-state index contributed by atoms with van der Waals surface area (Å²) in [5, 5.41) is 3.89. The first kappa shape index (κ1) is 20.8. The zero-order valence-corrected chi connectivity index (χ0v) is 15.8. The van der Waals surface area contributed by atoms with E-state index in [-0.39, 0.29) is 19.1 Å². The van der Waals surface area contributed by atoms with Crippen LogP contribution in [0.1, 0.15) is 18.1 Å². The zero-order chi connectivity index (χ0) is 20.4. The number of hydrogen-bond donors (Lipinski definition) is 2. The lowest BCUT2D eigenvalue weighted by atomic mass is 10.2. The molecule has 0 heterocycles. The molecule has 0 bridgehead atoms. The van der Waals surface area contributed by atoms with Gasteiger partial charge in [-0.1, -0.05) is 19.1 Å². The maximum absolute atomic E-state index is 11.8. The van der Waals surface area contributed by atoms with E-state index >= 15 is 0 Å². The van der Waals surface area contributed by atoms with Crippen LogP contribution in [0, 0.1) is 0 Å². The Morgan fingerprint density at radius 2 is 1.82 bits per heavy atom. The Hall–Kier alpha value is -3.55. The quantitative estimate of drug-likeness (QED) is 0.477. The average Bonchev–Trinajstić information content (AvgIpc) is 2.71. The highest BCUT2D eigenvalue weighted by Crippen LogP contribution is 2.27. The molecule has 28 heavy (non-hydrogen) atoms. The molecule has 0 saturated heterocycles. The Labute approximate surface area is 163 Å². The molecular formula is C20H23N3O5. The Morgan fingerprint density at radius 1 is 1.07 bits per heavy atom. The average molecular weight is 385 g/mol. The normalized spacial score (nSPS) is 10.5. The van der Waals surface area contributed by atoms with Crippen LogP contribution in [0.5, 0.6) is 17.2 Å². The molecule has 2 rings (SSSR count). The van der Waals surface area contributed by atoms with Crippen LogP contribution >= 0.6 is 0 Å². The highest BCUT2D eigenvalue weighted by Gasteiger charge is 2.07. The highest BCUT2D eigenvalue weighted by molar-refractivity contribution is 5.83. The molecule has 0 aliphatic rings. The van der Waals surface area contributed by atoms with Crippen LogP contribution in [0.2, 0.25) is 0 Å². The Morgan fingerprint density at radius 3 is 2.46 bits per heavy atom. The molecule has 0 fully saturated rings. The number of carbonyl (C=O) groups is 2. The standard InChI is InChI=1S/C20H23N3O5/c1-3-14-4-7-16(8-5-14)27-13-20(25)23-22-11-15-6-9-17(18(10-15)26-2)28-12-19(21)24/h4-11H,3,12-13H2,1-2H3,(H2,21,24)(H,23,25)/b22-11+. The summed E-state index contributed by atoms with van der Waals surface area (Å²) in [6.07, 6.45) is 2.40. The number of hydrazone groups is 1. The first-order chi connectivity index (χ1) is 13.5. The van der Waals surface area contributed by atoms with Crippen molar-refractivity contribution in [1.82, 2.24) is 5.43 Å². The number of hydrogen-bond acceptors (Lipinski definition) is 6. The lowest BCUT2D eigenvalue weighted by Crippen LogP contribution is -2.24. The van der Waals surface area contributed by atoms with Crippen molar-refractivity contribution in [3.8, 4) is 17.2 Å². The summed E-state index contributed by atoms with van der Waals surface area (Å²) in [4.78, 5) is 22.6. The minimum absolute atomic E-state index is 0.147. The summed E-state index contributed by atoms with van der Waals surface area (Å²) in [7, 11) is 1.47. The molecule has 0 atom stereocenters. The minimum Gasteiger partial charge on any atom is -0.493 e. The molecule has 0 unspecified atom stereocenters. The van der Waals surface area contributed by atoms with E-state index in [1.54, 1.807) is 18.2 Å². The second kappa shape index (κ2) is 10.6. The molecule has 0 aliphatic heterocycles. The van der Waals surface area contributed by atoms with Gasteiger partial charge < -0.3 is 19.9 Å². The van der Waals surface area contributed by atoms with E-state index in [2.05, 4.69) is 17.5 Å². The van der Waals surface area contributed by atoms with Crippen LogP contribution in [0.3, 0.4) is 0 Å². The van der Waals surface area contributed by atoms with E-state index < -0.39 is 5.91 Å². The van der Waals surface area contributed by atoms with Crippen molar-refractivity contribution in [3.05, 3.63) is 53.6 Å². The molecule has 0 aliphatic carbocycles. The SMILES string of the molecule is CCc1ccc(OCC(=O)N/N=C/c2ccc(OCC(N)=O)c(OC)c2)cc1. The molecule has 8 heteroatoms.